The third-order valence-corrected chi connectivity index (χ3v) is 6.21. The van der Waals surface area contributed by atoms with Crippen LogP contribution in [0.2, 0.25) is 0 Å². The van der Waals surface area contributed by atoms with Crippen LogP contribution in [0.4, 0.5) is 10.8 Å². The zero-order chi connectivity index (χ0) is 21.0. The molecule has 0 saturated heterocycles. The Morgan fingerprint density at radius 2 is 1.97 bits per heavy atom. The third-order valence-electron chi connectivity index (χ3n) is 4.43. The van der Waals surface area contributed by atoms with E-state index in [1.54, 1.807) is 17.9 Å². The van der Waals surface area contributed by atoms with Crippen molar-refractivity contribution >= 4 is 39.8 Å². The van der Waals surface area contributed by atoms with E-state index in [1.165, 1.54) is 28.7 Å². The van der Waals surface area contributed by atoms with E-state index in [2.05, 4.69) is 21.9 Å². The Hall–Kier alpha value is -2.45. The standard InChI is InChI=1S/C21H24N4O2S2/c1-5-6-16-10-19(27)24-20(22-16)28-11-17-12-29-21(23-17)25(15(4)26)18-8-7-13(2)14(3)9-18/h7-10,12H,5-6,11H2,1-4H3,(H,22,24,27). The molecule has 152 valence electrons. The SMILES string of the molecule is CCCc1cc(=O)[nH]c(SCc2csc(N(C(C)=O)c3ccc(C)c(C)c3)n2)n1. The van der Waals surface area contributed by atoms with Gasteiger partial charge in [-0.1, -0.05) is 31.2 Å². The van der Waals surface area contributed by atoms with Crippen LogP contribution in [0.15, 0.2) is 39.6 Å². The molecule has 2 aromatic heterocycles. The van der Waals surface area contributed by atoms with Crippen LogP contribution in [0, 0.1) is 13.8 Å². The summed E-state index contributed by atoms with van der Waals surface area (Å²) in [6.07, 6.45) is 1.72. The van der Waals surface area contributed by atoms with Crippen LogP contribution in [0.5, 0.6) is 0 Å². The molecule has 0 aliphatic rings. The number of aryl methyl sites for hydroxylation is 3. The predicted molar refractivity (Wildman–Crippen MR) is 119 cm³/mol. The number of thioether (sulfide) groups is 1. The monoisotopic (exact) mass is 428 g/mol. The van der Waals surface area contributed by atoms with Gasteiger partial charge in [0.1, 0.15) is 0 Å². The highest BCUT2D eigenvalue weighted by Crippen LogP contribution is 2.31. The number of H-pyrrole nitrogens is 1. The van der Waals surface area contributed by atoms with Crippen molar-refractivity contribution in [3.8, 4) is 0 Å². The van der Waals surface area contributed by atoms with Gasteiger partial charge in [-0.25, -0.2) is 9.97 Å². The Morgan fingerprint density at radius 1 is 1.17 bits per heavy atom. The molecule has 0 saturated carbocycles. The van der Waals surface area contributed by atoms with E-state index in [0.29, 0.717) is 16.0 Å². The van der Waals surface area contributed by atoms with E-state index in [0.717, 1.165) is 35.5 Å². The molecule has 1 amide bonds. The molecule has 0 radical (unpaired) electrons. The zero-order valence-electron chi connectivity index (χ0n) is 17.0. The molecule has 0 aliphatic heterocycles. The largest absolute Gasteiger partial charge is 0.301 e. The highest BCUT2D eigenvalue weighted by molar-refractivity contribution is 7.98. The molecule has 3 rings (SSSR count). The van der Waals surface area contributed by atoms with Gasteiger partial charge < -0.3 is 4.98 Å². The Kier molecular flexibility index (Phi) is 6.87. The lowest BCUT2D eigenvalue weighted by atomic mass is 10.1. The summed E-state index contributed by atoms with van der Waals surface area (Å²) in [7, 11) is 0. The van der Waals surface area contributed by atoms with Crippen LogP contribution in [0.1, 0.15) is 42.8 Å². The van der Waals surface area contributed by atoms with Crippen molar-refractivity contribution in [3.63, 3.8) is 0 Å². The van der Waals surface area contributed by atoms with Gasteiger partial charge in [-0.2, -0.15) is 0 Å². The quantitative estimate of drug-likeness (QED) is 0.433. The van der Waals surface area contributed by atoms with Crippen LogP contribution in [-0.4, -0.2) is 20.9 Å². The molecule has 1 N–H and O–H groups in total. The average molecular weight is 429 g/mol. The number of aromatic nitrogens is 3. The van der Waals surface area contributed by atoms with Gasteiger partial charge in [0.25, 0.3) is 5.56 Å². The van der Waals surface area contributed by atoms with Crippen molar-refractivity contribution < 1.29 is 4.79 Å². The van der Waals surface area contributed by atoms with Gasteiger partial charge in [0.05, 0.1) is 11.4 Å². The number of anilines is 2. The Bertz CT molecular complexity index is 1070. The number of nitrogens with zero attached hydrogens (tertiary/aromatic N) is 3. The van der Waals surface area contributed by atoms with Gasteiger partial charge >= 0.3 is 0 Å². The lowest BCUT2D eigenvalue weighted by Gasteiger charge is -2.19. The minimum atomic E-state index is -0.137. The molecule has 29 heavy (non-hydrogen) atoms. The van der Waals surface area contributed by atoms with Crippen LogP contribution in [0.3, 0.4) is 0 Å². The first-order chi connectivity index (χ1) is 13.9. The van der Waals surface area contributed by atoms with Crippen molar-refractivity contribution in [1.82, 2.24) is 15.0 Å². The number of hydrogen-bond donors (Lipinski definition) is 1. The highest BCUT2D eigenvalue weighted by Gasteiger charge is 2.18. The molecule has 0 bridgehead atoms. The number of rotatable bonds is 7. The number of hydrogen-bond acceptors (Lipinski definition) is 6. The van der Waals surface area contributed by atoms with E-state index >= 15 is 0 Å². The lowest BCUT2D eigenvalue weighted by Crippen LogP contribution is -2.22. The molecule has 6 nitrogen and oxygen atoms in total. The van der Waals surface area contributed by atoms with E-state index < -0.39 is 0 Å². The van der Waals surface area contributed by atoms with Gasteiger partial charge in [0.2, 0.25) is 5.91 Å². The fraction of sp³-hybridized carbons (Fsp3) is 0.333. The van der Waals surface area contributed by atoms with Gasteiger partial charge in [-0.15, -0.1) is 11.3 Å². The summed E-state index contributed by atoms with van der Waals surface area (Å²) < 4.78 is 0. The number of carbonyl (C=O) groups excluding carboxylic acids is 1. The molecule has 0 spiro atoms. The maximum atomic E-state index is 12.3. The Labute approximate surface area is 178 Å². The van der Waals surface area contributed by atoms with Gasteiger partial charge in [-0.3, -0.25) is 14.5 Å². The summed E-state index contributed by atoms with van der Waals surface area (Å²) in [6.45, 7) is 7.67. The predicted octanol–water partition coefficient (Wildman–Crippen LogP) is 4.77. The summed E-state index contributed by atoms with van der Waals surface area (Å²) in [5, 5.41) is 3.17. The van der Waals surface area contributed by atoms with Crippen LogP contribution >= 0.6 is 23.1 Å². The number of benzene rings is 1. The molecule has 0 aliphatic carbocycles. The average Bonchev–Trinajstić information content (AvgIpc) is 3.11. The fourth-order valence-corrected chi connectivity index (χ4v) is 4.61. The van der Waals surface area contributed by atoms with Crippen molar-refractivity contribution in [1.29, 1.82) is 0 Å². The van der Waals surface area contributed by atoms with Crippen LogP contribution in [0.25, 0.3) is 0 Å². The summed E-state index contributed by atoms with van der Waals surface area (Å²) in [5.74, 6) is 0.480. The summed E-state index contributed by atoms with van der Waals surface area (Å²) in [6, 6.07) is 7.49. The smallest absolute Gasteiger partial charge is 0.251 e. The molecule has 0 unspecified atom stereocenters. The molecular formula is C21H24N4O2S2. The molecule has 2 heterocycles. The Morgan fingerprint density at radius 3 is 2.66 bits per heavy atom. The first kappa shape index (κ1) is 21.3. The van der Waals surface area contributed by atoms with E-state index in [4.69, 9.17) is 0 Å². The summed E-state index contributed by atoms with van der Waals surface area (Å²) >= 11 is 2.86. The van der Waals surface area contributed by atoms with E-state index in [-0.39, 0.29) is 11.5 Å². The maximum absolute atomic E-state index is 12.3. The topological polar surface area (TPSA) is 79.0 Å². The minimum Gasteiger partial charge on any atom is -0.301 e. The first-order valence-corrected chi connectivity index (χ1v) is 11.3. The van der Waals surface area contributed by atoms with E-state index in [1.807, 2.05) is 37.4 Å². The van der Waals surface area contributed by atoms with Crippen molar-refractivity contribution in [2.45, 2.75) is 51.4 Å². The van der Waals surface area contributed by atoms with Crippen molar-refractivity contribution in [3.05, 3.63) is 62.5 Å². The third kappa shape index (κ3) is 5.33. The lowest BCUT2D eigenvalue weighted by molar-refractivity contribution is -0.115. The number of carbonyl (C=O) groups is 1. The summed E-state index contributed by atoms with van der Waals surface area (Å²) in [4.78, 5) is 37.6. The number of aromatic amines is 1. The highest BCUT2D eigenvalue weighted by atomic mass is 32.2. The molecule has 8 heteroatoms. The second-order valence-electron chi connectivity index (χ2n) is 6.82. The fourth-order valence-electron chi connectivity index (χ4n) is 2.84. The number of thiazole rings is 1. The normalized spacial score (nSPS) is 10.9. The van der Waals surface area contributed by atoms with Gasteiger partial charge in [-0.05, 0) is 43.5 Å². The van der Waals surface area contributed by atoms with Gasteiger partial charge in [0.15, 0.2) is 10.3 Å². The molecular weight excluding hydrogens is 404 g/mol. The second kappa shape index (κ2) is 9.37. The second-order valence-corrected chi connectivity index (χ2v) is 8.63. The van der Waals surface area contributed by atoms with Crippen LogP contribution < -0.4 is 10.5 Å². The number of amides is 1. The molecule has 1 aromatic carbocycles. The zero-order valence-corrected chi connectivity index (χ0v) is 18.6. The van der Waals surface area contributed by atoms with Gasteiger partial charge in [0, 0.05) is 29.8 Å². The first-order valence-electron chi connectivity index (χ1n) is 9.42. The molecule has 3 aromatic rings. The molecule has 0 atom stereocenters. The summed E-state index contributed by atoms with van der Waals surface area (Å²) in [5.41, 5.74) is 4.63. The molecule has 0 fully saturated rings. The Balaban J connectivity index is 1.78. The van der Waals surface area contributed by atoms with E-state index in [9.17, 15) is 9.59 Å². The van der Waals surface area contributed by atoms with Crippen molar-refractivity contribution in [2.75, 3.05) is 4.90 Å². The number of nitrogens with one attached hydrogen (secondary N) is 1. The minimum absolute atomic E-state index is 0.0833. The van der Waals surface area contributed by atoms with Crippen molar-refractivity contribution in [2.24, 2.45) is 0 Å². The maximum Gasteiger partial charge on any atom is 0.251 e. The van der Waals surface area contributed by atoms with Crippen LogP contribution in [-0.2, 0) is 17.0 Å².